The fraction of sp³-hybridized carbons (Fsp3) is 0.393. The van der Waals surface area contributed by atoms with E-state index in [2.05, 4.69) is 16.0 Å². The van der Waals surface area contributed by atoms with Crippen LogP contribution in [0.2, 0.25) is 0 Å². The van der Waals surface area contributed by atoms with Crippen LogP contribution < -0.4 is 21.7 Å². The summed E-state index contributed by atoms with van der Waals surface area (Å²) in [7, 11) is 0. The van der Waals surface area contributed by atoms with Gasteiger partial charge in [-0.3, -0.25) is 19.2 Å². The monoisotopic (exact) mass is 540 g/mol. The number of carbonyl (C=O) groups excluding carboxylic acids is 3. The minimum Gasteiger partial charge on any atom is -0.481 e. The van der Waals surface area contributed by atoms with Crippen molar-refractivity contribution in [1.82, 2.24) is 16.0 Å². The number of benzene rings is 2. The summed E-state index contributed by atoms with van der Waals surface area (Å²) in [5.74, 6) is -5.04. The average Bonchev–Trinajstić information content (AvgIpc) is 2.88. The summed E-state index contributed by atoms with van der Waals surface area (Å²) in [6.07, 6.45) is -0.306. The molecule has 4 atom stereocenters. The molecule has 7 N–H and O–H groups in total. The van der Waals surface area contributed by atoms with E-state index in [-0.39, 0.29) is 25.2 Å². The maximum Gasteiger partial charge on any atom is 0.326 e. The van der Waals surface area contributed by atoms with Crippen LogP contribution in [0.5, 0.6) is 0 Å². The summed E-state index contributed by atoms with van der Waals surface area (Å²) < 4.78 is 0. The van der Waals surface area contributed by atoms with Crippen LogP contribution in [0.4, 0.5) is 0 Å². The first-order valence-corrected chi connectivity index (χ1v) is 12.6. The van der Waals surface area contributed by atoms with Crippen molar-refractivity contribution in [3.8, 4) is 0 Å². The van der Waals surface area contributed by atoms with Gasteiger partial charge in [-0.2, -0.15) is 0 Å². The van der Waals surface area contributed by atoms with E-state index in [0.717, 1.165) is 11.1 Å². The average molecular weight is 541 g/mol. The number of nitrogens with one attached hydrogen (secondary N) is 3. The van der Waals surface area contributed by atoms with Crippen LogP contribution in [0, 0.1) is 5.92 Å². The largest absolute Gasteiger partial charge is 0.481 e. The zero-order valence-corrected chi connectivity index (χ0v) is 22.0. The van der Waals surface area contributed by atoms with Crippen molar-refractivity contribution >= 4 is 29.7 Å². The normalized spacial score (nSPS) is 13.9. The molecule has 11 heteroatoms. The van der Waals surface area contributed by atoms with Gasteiger partial charge in [0.2, 0.25) is 17.7 Å². The summed E-state index contributed by atoms with van der Waals surface area (Å²) in [6, 6.07) is 13.3. The first-order chi connectivity index (χ1) is 18.5. The number of carbonyl (C=O) groups is 5. The van der Waals surface area contributed by atoms with Crippen LogP contribution in [0.15, 0.2) is 60.7 Å². The second-order valence-electron chi connectivity index (χ2n) is 9.74. The third-order valence-electron chi connectivity index (χ3n) is 5.88. The molecule has 0 heterocycles. The van der Waals surface area contributed by atoms with Crippen LogP contribution in [0.25, 0.3) is 0 Å². The number of hydrogen-bond acceptors (Lipinski definition) is 6. The van der Waals surface area contributed by atoms with Gasteiger partial charge in [-0.15, -0.1) is 0 Å². The molecule has 2 aromatic carbocycles. The van der Waals surface area contributed by atoms with E-state index >= 15 is 0 Å². The van der Waals surface area contributed by atoms with Crippen LogP contribution in [0.1, 0.15) is 37.8 Å². The fourth-order valence-corrected chi connectivity index (χ4v) is 3.92. The van der Waals surface area contributed by atoms with Gasteiger partial charge in [0.25, 0.3) is 0 Å². The molecule has 3 amide bonds. The Hall–Kier alpha value is -4.25. The summed E-state index contributed by atoms with van der Waals surface area (Å²) in [5.41, 5.74) is 7.73. The molecule has 0 saturated carbocycles. The van der Waals surface area contributed by atoms with Crippen molar-refractivity contribution in [2.75, 3.05) is 0 Å². The lowest BCUT2D eigenvalue weighted by molar-refractivity contribution is -0.147. The Morgan fingerprint density at radius 1 is 0.692 bits per heavy atom. The number of hydrogen-bond donors (Lipinski definition) is 6. The zero-order valence-electron chi connectivity index (χ0n) is 22.0. The molecule has 0 aliphatic heterocycles. The maximum absolute atomic E-state index is 13.4. The van der Waals surface area contributed by atoms with Gasteiger partial charge in [-0.25, -0.2) is 4.79 Å². The number of carboxylic acids is 2. The second kappa shape index (κ2) is 15.2. The lowest BCUT2D eigenvalue weighted by Gasteiger charge is -2.26. The molecule has 2 rings (SSSR count). The van der Waals surface area contributed by atoms with E-state index in [1.54, 1.807) is 24.3 Å². The second-order valence-corrected chi connectivity index (χ2v) is 9.74. The Morgan fingerprint density at radius 2 is 1.15 bits per heavy atom. The Morgan fingerprint density at radius 3 is 1.64 bits per heavy atom. The van der Waals surface area contributed by atoms with Crippen LogP contribution in [-0.2, 0) is 36.8 Å². The molecule has 0 aliphatic rings. The third kappa shape index (κ3) is 10.9. The maximum atomic E-state index is 13.4. The molecule has 0 aromatic heterocycles. The molecule has 0 bridgehead atoms. The molecule has 4 unspecified atom stereocenters. The van der Waals surface area contributed by atoms with Crippen LogP contribution in [0.3, 0.4) is 0 Å². The van der Waals surface area contributed by atoms with Crippen molar-refractivity contribution in [1.29, 1.82) is 0 Å². The molecule has 0 saturated heterocycles. The van der Waals surface area contributed by atoms with E-state index in [1.807, 2.05) is 50.2 Å². The highest BCUT2D eigenvalue weighted by Gasteiger charge is 2.31. The molecular formula is C28H36N4O7. The molecular weight excluding hydrogens is 504 g/mol. The summed E-state index contributed by atoms with van der Waals surface area (Å²) in [4.78, 5) is 61.8. The van der Waals surface area contributed by atoms with Gasteiger partial charge in [-0.1, -0.05) is 74.5 Å². The van der Waals surface area contributed by atoms with E-state index < -0.39 is 60.2 Å². The quantitative estimate of drug-likeness (QED) is 0.192. The van der Waals surface area contributed by atoms with E-state index in [4.69, 9.17) is 10.8 Å². The third-order valence-corrected chi connectivity index (χ3v) is 5.88. The lowest BCUT2D eigenvalue weighted by atomic mass is 10.00. The molecule has 0 radical (unpaired) electrons. The van der Waals surface area contributed by atoms with Crippen molar-refractivity contribution in [2.24, 2.45) is 11.7 Å². The minimum absolute atomic E-state index is 0.0785. The summed E-state index contributed by atoms with van der Waals surface area (Å²) in [5, 5.41) is 25.8. The smallest absolute Gasteiger partial charge is 0.326 e. The molecule has 39 heavy (non-hydrogen) atoms. The van der Waals surface area contributed by atoms with E-state index in [9.17, 15) is 29.1 Å². The topological polar surface area (TPSA) is 188 Å². The summed E-state index contributed by atoms with van der Waals surface area (Å²) in [6.45, 7) is 3.62. The van der Waals surface area contributed by atoms with Crippen molar-refractivity contribution in [3.05, 3.63) is 71.8 Å². The minimum atomic E-state index is -1.67. The van der Waals surface area contributed by atoms with Gasteiger partial charge in [-0.05, 0) is 29.9 Å². The molecule has 11 nitrogen and oxygen atoms in total. The van der Waals surface area contributed by atoms with Gasteiger partial charge in [0.15, 0.2) is 0 Å². The van der Waals surface area contributed by atoms with Gasteiger partial charge >= 0.3 is 11.9 Å². The highest BCUT2D eigenvalue weighted by molar-refractivity contribution is 5.94. The van der Waals surface area contributed by atoms with Gasteiger partial charge in [0.05, 0.1) is 12.5 Å². The number of aliphatic carboxylic acids is 2. The Balaban J connectivity index is 2.21. The number of rotatable bonds is 15. The number of amides is 3. The van der Waals surface area contributed by atoms with E-state index in [0.29, 0.717) is 0 Å². The molecule has 0 fully saturated rings. The molecule has 0 spiro atoms. The van der Waals surface area contributed by atoms with Gasteiger partial charge < -0.3 is 31.9 Å². The van der Waals surface area contributed by atoms with Crippen molar-refractivity contribution in [3.63, 3.8) is 0 Å². The standard InChI is InChI=1S/C28H36N4O7/c1-17(2)13-21(26(36)32-23(28(38)39)16-24(33)34)31-27(37)22(15-19-11-7-4-8-12-19)30-25(35)20(29)14-18-9-5-3-6-10-18/h3-12,17,20-23H,13-16,29H2,1-2H3,(H,30,35)(H,31,37)(H,32,36)(H,33,34)(H,38,39). The fourth-order valence-electron chi connectivity index (χ4n) is 3.92. The first-order valence-electron chi connectivity index (χ1n) is 12.6. The zero-order chi connectivity index (χ0) is 28.9. The first kappa shape index (κ1) is 31.0. The SMILES string of the molecule is CC(C)CC(NC(=O)C(Cc1ccccc1)NC(=O)C(N)Cc1ccccc1)C(=O)NC(CC(=O)O)C(=O)O. The highest BCUT2D eigenvalue weighted by atomic mass is 16.4. The number of carboxylic acid groups (broad SMARTS) is 2. The molecule has 2 aromatic rings. The van der Waals surface area contributed by atoms with Crippen molar-refractivity contribution < 1.29 is 34.2 Å². The predicted molar refractivity (Wildman–Crippen MR) is 143 cm³/mol. The lowest BCUT2D eigenvalue weighted by Crippen LogP contribution is -2.58. The van der Waals surface area contributed by atoms with Crippen LogP contribution >= 0.6 is 0 Å². The predicted octanol–water partition coefficient (Wildman–Crippen LogP) is 0.859. The summed E-state index contributed by atoms with van der Waals surface area (Å²) >= 11 is 0. The van der Waals surface area contributed by atoms with Crippen molar-refractivity contribution in [2.45, 2.75) is 63.7 Å². The Labute approximate surface area is 227 Å². The van der Waals surface area contributed by atoms with Gasteiger partial charge in [0, 0.05) is 6.42 Å². The van der Waals surface area contributed by atoms with E-state index in [1.165, 1.54) is 0 Å². The molecule has 0 aliphatic carbocycles. The Bertz CT molecular complexity index is 1130. The molecule has 210 valence electrons. The Kier molecular flexibility index (Phi) is 12.1. The van der Waals surface area contributed by atoms with Crippen LogP contribution in [-0.4, -0.2) is 64.0 Å². The van der Waals surface area contributed by atoms with Gasteiger partial charge in [0.1, 0.15) is 18.1 Å². The number of nitrogens with two attached hydrogens (primary N) is 1. The highest BCUT2D eigenvalue weighted by Crippen LogP contribution is 2.10.